The van der Waals surface area contributed by atoms with Gasteiger partial charge in [0, 0.05) is 18.2 Å². The maximum atomic E-state index is 12.1. The van der Waals surface area contributed by atoms with Crippen LogP contribution in [0, 0.1) is 0 Å². The zero-order valence-electron chi connectivity index (χ0n) is 11.6. The standard InChI is InChI=1S/C14H10F3N5O/c15-14(16,17)23-10-5-3-9(4-6-10)8-12-11(2-1-7-18-12)13-19-21-22-20-13/h1-7H,8H2,(H,19,20,21,22). The lowest BCUT2D eigenvalue weighted by molar-refractivity contribution is -0.274. The molecule has 0 saturated carbocycles. The fraction of sp³-hybridized carbons (Fsp3) is 0.143. The van der Waals surface area contributed by atoms with Crippen molar-refractivity contribution in [2.24, 2.45) is 0 Å². The zero-order valence-corrected chi connectivity index (χ0v) is 11.6. The summed E-state index contributed by atoms with van der Waals surface area (Å²) in [6.07, 6.45) is -2.66. The number of nitrogens with zero attached hydrogens (tertiary/aromatic N) is 4. The number of ether oxygens (including phenoxy) is 1. The molecule has 0 aliphatic heterocycles. The Kier molecular flexibility index (Phi) is 3.92. The molecule has 3 rings (SSSR count). The zero-order chi connectivity index (χ0) is 16.3. The first-order valence-corrected chi connectivity index (χ1v) is 6.54. The Labute approximate surface area is 128 Å². The SMILES string of the molecule is FC(F)(F)Oc1ccc(Cc2ncccc2-c2nn[nH]n2)cc1. The van der Waals surface area contributed by atoms with Crippen LogP contribution in [0.2, 0.25) is 0 Å². The minimum atomic E-state index is -4.70. The second-order valence-corrected chi connectivity index (χ2v) is 4.60. The maximum absolute atomic E-state index is 12.1. The molecule has 0 fully saturated rings. The number of pyridine rings is 1. The molecule has 6 nitrogen and oxygen atoms in total. The summed E-state index contributed by atoms with van der Waals surface area (Å²) >= 11 is 0. The van der Waals surface area contributed by atoms with Crippen LogP contribution in [-0.4, -0.2) is 32.0 Å². The molecule has 9 heteroatoms. The molecule has 0 bridgehead atoms. The van der Waals surface area contributed by atoms with Gasteiger partial charge in [-0.1, -0.05) is 12.1 Å². The van der Waals surface area contributed by atoms with Crippen LogP contribution in [0.4, 0.5) is 13.2 Å². The van der Waals surface area contributed by atoms with E-state index in [9.17, 15) is 13.2 Å². The topological polar surface area (TPSA) is 76.6 Å². The summed E-state index contributed by atoms with van der Waals surface area (Å²) in [5.41, 5.74) is 2.18. The van der Waals surface area contributed by atoms with Crippen molar-refractivity contribution in [1.82, 2.24) is 25.6 Å². The summed E-state index contributed by atoms with van der Waals surface area (Å²) in [6, 6.07) is 9.18. The van der Waals surface area contributed by atoms with Gasteiger partial charge in [-0.2, -0.15) is 5.21 Å². The molecule has 0 aliphatic carbocycles. The third kappa shape index (κ3) is 3.82. The molecule has 0 aliphatic rings. The van der Waals surface area contributed by atoms with Crippen molar-refractivity contribution in [1.29, 1.82) is 0 Å². The number of halogens is 3. The number of aromatic amines is 1. The molecule has 0 spiro atoms. The quantitative estimate of drug-likeness (QED) is 0.799. The molecule has 1 N–H and O–H groups in total. The first kappa shape index (κ1) is 14.9. The van der Waals surface area contributed by atoms with E-state index in [-0.39, 0.29) is 5.75 Å². The average Bonchev–Trinajstić information content (AvgIpc) is 3.02. The van der Waals surface area contributed by atoms with E-state index in [1.165, 1.54) is 12.1 Å². The third-order valence-electron chi connectivity index (χ3n) is 3.00. The van der Waals surface area contributed by atoms with Crippen LogP contribution in [0.15, 0.2) is 42.6 Å². The van der Waals surface area contributed by atoms with Gasteiger partial charge in [-0.3, -0.25) is 4.98 Å². The molecule has 0 amide bonds. The van der Waals surface area contributed by atoms with E-state index in [0.717, 1.165) is 5.56 Å². The molecule has 2 heterocycles. The van der Waals surface area contributed by atoms with Crippen LogP contribution in [0.5, 0.6) is 5.75 Å². The third-order valence-corrected chi connectivity index (χ3v) is 3.00. The van der Waals surface area contributed by atoms with E-state index in [1.807, 2.05) is 0 Å². The highest BCUT2D eigenvalue weighted by Gasteiger charge is 2.30. The molecule has 0 saturated heterocycles. The number of nitrogens with one attached hydrogen (secondary N) is 1. The highest BCUT2D eigenvalue weighted by Crippen LogP contribution is 2.24. The highest BCUT2D eigenvalue weighted by molar-refractivity contribution is 5.57. The Morgan fingerprint density at radius 2 is 1.87 bits per heavy atom. The van der Waals surface area contributed by atoms with E-state index in [4.69, 9.17) is 0 Å². The summed E-state index contributed by atoms with van der Waals surface area (Å²) in [6.45, 7) is 0. The van der Waals surface area contributed by atoms with Gasteiger partial charge in [-0.25, -0.2) is 0 Å². The van der Waals surface area contributed by atoms with Gasteiger partial charge in [-0.15, -0.1) is 23.4 Å². The Bertz CT molecular complexity index is 772. The number of rotatable bonds is 4. The minimum Gasteiger partial charge on any atom is -0.406 e. The van der Waals surface area contributed by atoms with Crippen LogP contribution >= 0.6 is 0 Å². The Morgan fingerprint density at radius 3 is 2.52 bits per heavy atom. The van der Waals surface area contributed by atoms with Crippen molar-refractivity contribution < 1.29 is 17.9 Å². The van der Waals surface area contributed by atoms with Gasteiger partial charge in [0.25, 0.3) is 0 Å². The molecule has 0 unspecified atom stereocenters. The van der Waals surface area contributed by atoms with Crippen LogP contribution in [0.25, 0.3) is 11.4 Å². The van der Waals surface area contributed by atoms with Gasteiger partial charge in [0.2, 0.25) is 5.82 Å². The number of tetrazole rings is 1. The van der Waals surface area contributed by atoms with Crippen molar-refractivity contribution in [3.8, 4) is 17.1 Å². The number of H-pyrrole nitrogens is 1. The fourth-order valence-corrected chi connectivity index (χ4v) is 2.06. The van der Waals surface area contributed by atoms with E-state index in [0.29, 0.717) is 23.5 Å². The first-order valence-electron chi connectivity index (χ1n) is 6.54. The summed E-state index contributed by atoms with van der Waals surface area (Å²) in [5, 5.41) is 13.7. The number of alkyl halides is 3. The highest BCUT2D eigenvalue weighted by atomic mass is 19.4. The normalized spacial score (nSPS) is 11.4. The second kappa shape index (κ2) is 6.03. The van der Waals surface area contributed by atoms with E-state index in [2.05, 4.69) is 30.3 Å². The summed E-state index contributed by atoms with van der Waals surface area (Å²) < 4.78 is 40.3. The lowest BCUT2D eigenvalue weighted by atomic mass is 10.0. The fourth-order valence-electron chi connectivity index (χ4n) is 2.06. The molecular formula is C14H10F3N5O. The van der Waals surface area contributed by atoms with Crippen LogP contribution < -0.4 is 4.74 Å². The van der Waals surface area contributed by atoms with Crippen molar-refractivity contribution in [3.63, 3.8) is 0 Å². The van der Waals surface area contributed by atoms with Crippen molar-refractivity contribution in [2.45, 2.75) is 12.8 Å². The molecule has 1 aromatic carbocycles. The number of benzene rings is 1. The van der Waals surface area contributed by atoms with Crippen molar-refractivity contribution in [2.75, 3.05) is 0 Å². The van der Waals surface area contributed by atoms with Gasteiger partial charge in [0.05, 0.1) is 5.69 Å². The second-order valence-electron chi connectivity index (χ2n) is 4.60. The largest absolute Gasteiger partial charge is 0.573 e. The number of hydrogen-bond donors (Lipinski definition) is 1. The lowest BCUT2D eigenvalue weighted by Gasteiger charge is -2.09. The number of hydrogen-bond acceptors (Lipinski definition) is 5. The van der Waals surface area contributed by atoms with Gasteiger partial charge < -0.3 is 4.74 Å². The number of aromatic nitrogens is 5. The van der Waals surface area contributed by atoms with Crippen molar-refractivity contribution in [3.05, 3.63) is 53.9 Å². The van der Waals surface area contributed by atoms with Crippen LogP contribution in [-0.2, 0) is 6.42 Å². The molecule has 23 heavy (non-hydrogen) atoms. The lowest BCUT2D eigenvalue weighted by Crippen LogP contribution is -2.17. The van der Waals surface area contributed by atoms with Gasteiger partial charge in [0.15, 0.2) is 0 Å². The average molecular weight is 321 g/mol. The maximum Gasteiger partial charge on any atom is 0.573 e. The Morgan fingerprint density at radius 1 is 1.09 bits per heavy atom. The predicted octanol–water partition coefficient (Wildman–Crippen LogP) is 2.75. The van der Waals surface area contributed by atoms with Crippen LogP contribution in [0.3, 0.4) is 0 Å². The summed E-state index contributed by atoms with van der Waals surface area (Å²) in [5.74, 6) is 0.144. The van der Waals surface area contributed by atoms with E-state index >= 15 is 0 Å². The van der Waals surface area contributed by atoms with Gasteiger partial charge in [-0.05, 0) is 35.0 Å². The Balaban J connectivity index is 1.80. The van der Waals surface area contributed by atoms with Crippen molar-refractivity contribution >= 4 is 0 Å². The Hall–Kier alpha value is -2.97. The van der Waals surface area contributed by atoms with E-state index < -0.39 is 6.36 Å². The molecule has 0 radical (unpaired) electrons. The molecular weight excluding hydrogens is 311 g/mol. The molecule has 0 atom stereocenters. The van der Waals surface area contributed by atoms with Gasteiger partial charge in [0.1, 0.15) is 5.75 Å². The van der Waals surface area contributed by atoms with E-state index in [1.54, 1.807) is 30.5 Å². The summed E-state index contributed by atoms with van der Waals surface area (Å²) in [4.78, 5) is 4.28. The summed E-state index contributed by atoms with van der Waals surface area (Å²) in [7, 11) is 0. The molecule has 3 aromatic rings. The monoisotopic (exact) mass is 321 g/mol. The minimum absolute atomic E-state index is 0.263. The van der Waals surface area contributed by atoms with Gasteiger partial charge >= 0.3 is 6.36 Å². The van der Waals surface area contributed by atoms with Crippen LogP contribution in [0.1, 0.15) is 11.3 Å². The molecule has 118 valence electrons. The predicted molar refractivity (Wildman–Crippen MR) is 73.3 cm³/mol. The smallest absolute Gasteiger partial charge is 0.406 e. The molecule has 2 aromatic heterocycles. The first-order chi connectivity index (χ1) is 11.0.